The van der Waals surface area contributed by atoms with Gasteiger partial charge in [0.05, 0.1) is 46.9 Å². The van der Waals surface area contributed by atoms with Gasteiger partial charge in [-0.2, -0.15) is 5.10 Å². The van der Waals surface area contributed by atoms with E-state index in [1.165, 1.54) is 18.2 Å². The lowest BCUT2D eigenvalue weighted by atomic mass is 9.92. The molecule has 9 heteroatoms. The van der Waals surface area contributed by atoms with Crippen LogP contribution in [0.3, 0.4) is 0 Å². The Balaban J connectivity index is 1.36. The summed E-state index contributed by atoms with van der Waals surface area (Å²) in [7, 11) is 4.18. The Kier molecular flexibility index (Phi) is 5.98. The zero-order chi connectivity index (χ0) is 24.1. The number of halogens is 2. The van der Waals surface area contributed by atoms with Crippen LogP contribution in [0.25, 0.3) is 5.65 Å². The van der Waals surface area contributed by atoms with E-state index < -0.39 is 5.82 Å². The summed E-state index contributed by atoms with van der Waals surface area (Å²) in [6.45, 7) is 4.51. The zero-order valence-electron chi connectivity index (χ0n) is 19.9. The van der Waals surface area contributed by atoms with Gasteiger partial charge in [0.1, 0.15) is 11.6 Å². The van der Waals surface area contributed by atoms with Crippen LogP contribution in [-0.2, 0) is 13.1 Å². The number of nitrogens with zero attached hydrogens (tertiary/aromatic N) is 5. The van der Waals surface area contributed by atoms with Crippen molar-refractivity contribution in [1.29, 1.82) is 0 Å². The molecule has 1 saturated carbocycles. The fraction of sp³-hybridized carbons (Fsp3) is 0.480. The molecule has 180 valence electrons. The molecule has 1 fully saturated rings. The monoisotopic (exact) mass is 485 g/mol. The molecule has 3 heterocycles. The van der Waals surface area contributed by atoms with Crippen LogP contribution in [0.2, 0.25) is 5.02 Å². The second-order valence-corrected chi connectivity index (χ2v) is 9.95. The maximum atomic E-state index is 14.1. The summed E-state index contributed by atoms with van der Waals surface area (Å²) in [4.78, 5) is 22.1. The number of aryl methyl sites for hydroxylation is 2. The molecule has 2 aliphatic rings. The molecule has 2 aromatic heterocycles. The van der Waals surface area contributed by atoms with Gasteiger partial charge in [0.25, 0.3) is 5.91 Å². The molecule has 1 aliphatic heterocycles. The van der Waals surface area contributed by atoms with Crippen LogP contribution < -0.4 is 4.74 Å². The zero-order valence-corrected chi connectivity index (χ0v) is 20.7. The van der Waals surface area contributed by atoms with Crippen LogP contribution in [0.4, 0.5) is 4.39 Å². The topological polar surface area (TPSA) is 63.0 Å². The summed E-state index contributed by atoms with van der Waals surface area (Å²) in [6.07, 6.45) is 3.78. The number of ether oxygens (including phenoxy) is 1. The summed E-state index contributed by atoms with van der Waals surface area (Å²) in [5.41, 5.74) is 4.38. The SMILES string of the molecule is Cc1nc2c3c(nn2c(C)c1Cl)CN(C(=O)c1ccc(F)cc1OC1CCC(N(C)C)CC1)C3. The molecule has 34 heavy (non-hydrogen) atoms. The predicted molar refractivity (Wildman–Crippen MR) is 128 cm³/mol. The first kappa shape index (κ1) is 23.1. The molecule has 0 bridgehead atoms. The Morgan fingerprint density at radius 3 is 2.62 bits per heavy atom. The third-order valence-electron chi connectivity index (χ3n) is 7.08. The summed E-state index contributed by atoms with van der Waals surface area (Å²) >= 11 is 6.34. The first-order valence-electron chi connectivity index (χ1n) is 11.7. The van der Waals surface area contributed by atoms with Crippen molar-refractivity contribution in [2.24, 2.45) is 0 Å². The molecule has 3 aromatic rings. The average Bonchev–Trinajstić information content (AvgIpc) is 3.37. The Bertz CT molecular complexity index is 1270. The summed E-state index contributed by atoms with van der Waals surface area (Å²) in [5, 5.41) is 5.25. The van der Waals surface area contributed by atoms with Crippen molar-refractivity contribution in [3.05, 3.63) is 57.2 Å². The number of carbonyl (C=O) groups is 1. The number of rotatable bonds is 4. The Morgan fingerprint density at radius 2 is 1.91 bits per heavy atom. The lowest BCUT2D eigenvalue weighted by Crippen LogP contribution is -2.35. The van der Waals surface area contributed by atoms with Crippen LogP contribution in [0.1, 0.15) is 58.7 Å². The fourth-order valence-corrected chi connectivity index (χ4v) is 5.18. The normalized spacial score (nSPS) is 20.3. The molecule has 5 rings (SSSR count). The van der Waals surface area contributed by atoms with Crippen molar-refractivity contribution >= 4 is 23.2 Å². The number of fused-ring (bicyclic) bond motifs is 3. The molecular formula is C25H29ClFN5O2. The van der Waals surface area contributed by atoms with E-state index in [1.807, 2.05) is 13.8 Å². The molecule has 7 nitrogen and oxygen atoms in total. The van der Waals surface area contributed by atoms with Crippen LogP contribution >= 0.6 is 11.6 Å². The molecule has 0 unspecified atom stereocenters. The predicted octanol–water partition coefficient (Wildman–Crippen LogP) is 4.55. The number of amides is 1. The summed E-state index contributed by atoms with van der Waals surface area (Å²) in [5.74, 6) is -0.299. The van der Waals surface area contributed by atoms with E-state index in [0.29, 0.717) is 35.5 Å². The van der Waals surface area contributed by atoms with Gasteiger partial charge in [-0.05, 0) is 65.8 Å². The van der Waals surface area contributed by atoms with E-state index in [0.717, 1.165) is 54.0 Å². The van der Waals surface area contributed by atoms with Gasteiger partial charge in [-0.15, -0.1) is 0 Å². The van der Waals surface area contributed by atoms with Crippen molar-refractivity contribution < 1.29 is 13.9 Å². The van der Waals surface area contributed by atoms with Crippen LogP contribution in [0, 0.1) is 19.7 Å². The fourth-order valence-electron chi connectivity index (χ4n) is 5.06. The molecular weight excluding hydrogens is 457 g/mol. The molecule has 1 aromatic carbocycles. The third-order valence-corrected chi connectivity index (χ3v) is 7.63. The van der Waals surface area contributed by atoms with Crippen molar-refractivity contribution in [2.45, 2.75) is 64.8 Å². The second-order valence-electron chi connectivity index (χ2n) is 9.57. The quantitative estimate of drug-likeness (QED) is 0.542. The Labute approximate surface area is 203 Å². The first-order chi connectivity index (χ1) is 16.2. The first-order valence-corrected chi connectivity index (χ1v) is 12.1. The van der Waals surface area contributed by atoms with Crippen LogP contribution in [0.5, 0.6) is 5.75 Å². The van der Waals surface area contributed by atoms with Crippen LogP contribution in [0.15, 0.2) is 18.2 Å². The number of hydrogen-bond acceptors (Lipinski definition) is 5. The van der Waals surface area contributed by atoms with Crippen molar-refractivity contribution in [1.82, 2.24) is 24.4 Å². The van der Waals surface area contributed by atoms with Gasteiger partial charge in [0.2, 0.25) is 0 Å². The maximum absolute atomic E-state index is 14.1. The van der Waals surface area contributed by atoms with E-state index in [4.69, 9.17) is 16.3 Å². The van der Waals surface area contributed by atoms with Crippen LogP contribution in [-0.4, -0.2) is 56.5 Å². The van der Waals surface area contributed by atoms with E-state index in [2.05, 4.69) is 29.1 Å². The largest absolute Gasteiger partial charge is 0.489 e. The third kappa shape index (κ3) is 4.03. The van der Waals surface area contributed by atoms with Gasteiger partial charge < -0.3 is 14.5 Å². The minimum absolute atomic E-state index is 0.0237. The summed E-state index contributed by atoms with van der Waals surface area (Å²) in [6, 6.07) is 4.70. The smallest absolute Gasteiger partial charge is 0.258 e. The van der Waals surface area contributed by atoms with Gasteiger partial charge in [0, 0.05) is 17.7 Å². The molecule has 1 amide bonds. The highest BCUT2D eigenvalue weighted by atomic mass is 35.5. The summed E-state index contributed by atoms with van der Waals surface area (Å²) < 4.78 is 22.1. The Hall–Kier alpha value is -2.71. The molecule has 1 aliphatic carbocycles. The average molecular weight is 486 g/mol. The minimum atomic E-state index is -0.414. The van der Waals surface area contributed by atoms with E-state index in [9.17, 15) is 9.18 Å². The number of carbonyl (C=O) groups excluding carboxylic acids is 1. The van der Waals surface area contributed by atoms with Crippen molar-refractivity contribution in [3.8, 4) is 5.75 Å². The van der Waals surface area contributed by atoms with Gasteiger partial charge in [-0.25, -0.2) is 13.9 Å². The molecule has 0 N–H and O–H groups in total. The maximum Gasteiger partial charge on any atom is 0.258 e. The van der Waals surface area contributed by atoms with Gasteiger partial charge in [0.15, 0.2) is 5.65 Å². The number of benzene rings is 1. The van der Waals surface area contributed by atoms with Crippen molar-refractivity contribution in [3.63, 3.8) is 0 Å². The van der Waals surface area contributed by atoms with Crippen molar-refractivity contribution in [2.75, 3.05) is 14.1 Å². The molecule has 0 atom stereocenters. The minimum Gasteiger partial charge on any atom is -0.489 e. The highest BCUT2D eigenvalue weighted by molar-refractivity contribution is 6.31. The highest BCUT2D eigenvalue weighted by Gasteiger charge is 2.32. The van der Waals surface area contributed by atoms with E-state index in [1.54, 1.807) is 9.42 Å². The number of hydrogen-bond donors (Lipinski definition) is 0. The molecule has 0 radical (unpaired) electrons. The van der Waals surface area contributed by atoms with E-state index in [-0.39, 0.29) is 12.0 Å². The lowest BCUT2D eigenvalue weighted by molar-refractivity contribution is 0.0732. The molecule has 0 saturated heterocycles. The van der Waals surface area contributed by atoms with Gasteiger partial charge in [-0.1, -0.05) is 11.6 Å². The highest BCUT2D eigenvalue weighted by Crippen LogP contribution is 2.33. The van der Waals surface area contributed by atoms with E-state index >= 15 is 0 Å². The lowest BCUT2D eigenvalue weighted by Gasteiger charge is -2.33. The van der Waals surface area contributed by atoms with Gasteiger partial charge in [-0.3, -0.25) is 4.79 Å². The Morgan fingerprint density at radius 1 is 1.18 bits per heavy atom. The van der Waals surface area contributed by atoms with Gasteiger partial charge >= 0.3 is 0 Å². The second kappa shape index (κ2) is 8.82. The molecule has 0 spiro atoms. The standard InChI is InChI=1S/C25H29ClFN5O2/c1-14-23(26)15(2)32-24(28-14)20-12-31(13-21(20)29-32)25(33)19-10-5-16(27)11-22(19)34-18-8-6-17(7-9-18)30(3)4/h5,10-11,17-18H,6-9,12-13H2,1-4H3. The number of aromatic nitrogens is 3.